The summed E-state index contributed by atoms with van der Waals surface area (Å²) in [6.07, 6.45) is 4.97. The highest BCUT2D eigenvalue weighted by Crippen LogP contribution is 2.28. The standard InChI is InChI=1S/C15H21ClN4O/c1-2-17-14-8-10(11(16)9-18-14)15(21)19-12-5-7-20-6-3-4-13(12)20/h8-9,12-13H,2-7H2,1H3,(H,17,18)(H,19,21). The molecule has 2 atom stereocenters. The van der Waals surface area contributed by atoms with Gasteiger partial charge < -0.3 is 10.6 Å². The van der Waals surface area contributed by atoms with E-state index in [2.05, 4.69) is 20.5 Å². The zero-order valence-electron chi connectivity index (χ0n) is 12.2. The number of carbonyl (C=O) groups excluding carboxylic acids is 1. The molecule has 0 spiro atoms. The van der Waals surface area contributed by atoms with Gasteiger partial charge >= 0.3 is 0 Å². The van der Waals surface area contributed by atoms with Gasteiger partial charge in [-0.3, -0.25) is 9.69 Å². The van der Waals surface area contributed by atoms with Crippen LogP contribution in [0.25, 0.3) is 0 Å². The van der Waals surface area contributed by atoms with Gasteiger partial charge in [-0.2, -0.15) is 0 Å². The summed E-state index contributed by atoms with van der Waals surface area (Å²) >= 11 is 6.13. The average molecular weight is 309 g/mol. The molecule has 0 radical (unpaired) electrons. The van der Waals surface area contributed by atoms with Crippen LogP contribution in [0.3, 0.4) is 0 Å². The van der Waals surface area contributed by atoms with E-state index in [0.29, 0.717) is 22.4 Å². The highest BCUT2D eigenvalue weighted by atomic mass is 35.5. The maximum atomic E-state index is 12.5. The lowest BCUT2D eigenvalue weighted by Crippen LogP contribution is -2.42. The second-order valence-electron chi connectivity index (χ2n) is 5.69. The second-order valence-corrected chi connectivity index (χ2v) is 6.10. The van der Waals surface area contributed by atoms with Gasteiger partial charge in [0.15, 0.2) is 0 Å². The highest BCUT2D eigenvalue weighted by Gasteiger charge is 2.38. The van der Waals surface area contributed by atoms with Gasteiger partial charge in [-0.25, -0.2) is 4.98 Å². The van der Waals surface area contributed by atoms with E-state index in [-0.39, 0.29) is 11.9 Å². The summed E-state index contributed by atoms with van der Waals surface area (Å²) in [7, 11) is 0. The van der Waals surface area contributed by atoms with Crippen LogP contribution in [0.1, 0.15) is 36.5 Å². The van der Waals surface area contributed by atoms with E-state index < -0.39 is 0 Å². The number of fused-ring (bicyclic) bond motifs is 1. The Hall–Kier alpha value is -1.33. The molecule has 0 aliphatic carbocycles. The molecule has 3 heterocycles. The van der Waals surface area contributed by atoms with E-state index in [4.69, 9.17) is 11.6 Å². The van der Waals surface area contributed by atoms with Crippen LogP contribution in [-0.2, 0) is 0 Å². The molecule has 1 aromatic heterocycles. The Kier molecular flexibility index (Phi) is 4.31. The molecule has 0 saturated carbocycles. The van der Waals surface area contributed by atoms with Crippen LogP contribution in [-0.4, -0.2) is 47.5 Å². The lowest BCUT2D eigenvalue weighted by atomic mass is 10.1. The molecule has 6 heteroatoms. The van der Waals surface area contributed by atoms with E-state index in [9.17, 15) is 4.79 Å². The molecular weight excluding hydrogens is 288 g/mol. The van der Waals surface area contributed by atoms with Gasteiger partial charge in [-0.15, -0.1) is 0 Å². The molecule has 2 fully saturated rings. The molecule has 2 saturated heterocycles. The van der Waals surface area contributed by atoms with Gasteiger partial charge in [0.25, 0.3) is 5.91 Å². The fraction of sp³-hybridized carbons (Fsp3) is 0.600. The summed E-state index contributed by atoms with van der Waals surface area (Å²) in [5.74, 6) is 0.585. The first-order chi connectivity index (χ1) is 10.2. The maximum absolute atomic E-state index is 12.5. The van der Waals surface area contributed by atoms with Crippen LogP contribution in [0.15, 0.2) is 12.3 Å². The number of nitrogens with one attached hydrogen (secondary N) is 2. The van der Waals surface area contributed by atoms with Gasteiger partial charge in [-0.1, -0.05) is 11.6 Å². The van der Waals surface area contributed by atoms with Gasteiger partial charge in [0, 0.05) is 31.4 Å². The lowest BCUT2D eigenvalue weighted by Gasteiger charge is -2.21. The topological polar surface area (TPSA) is 57.3 Å². The van der Waals surface area contributed by atoms with E-state index in [1.54, 1.807) is 6.07 Å². The lowest BCUT2D eigenvalue weighted by molar-refractivity contribution is 0.0929. The van der Waals surface area contributed by atoms with Crippen molar-refractivity contribution in [1.82, 2.24) is 15.2 Å². The summed E-state index contributed by atoms with van der Waals surface area (Å²) in [4.78, 5) is 19.1. The van der Waals surface area contributed by atoms with Gasteiger partial charge in [0.1, 0.15) is 5.82 Å². The van der Waals surface area contributed by atoms with Crippen molar-refractivity contribution in [1.29, 1.82) is 0 Å². The highest BCUT2D eigenvalue weighted by molar-refractivity contribution is 6.33. The van der Waals surface area contributed by atoms with Crippen molar-refractivity contribution in [3.8, 4) is 0 Å². The van der Waals surface area contributed by atoms with Crippen LogP contribution in [0.5, 0.6) is 0 Å². The molecule has 21 heavy (non-hydrogen) atoms. The van der Waals surface area contributed by atoms with E-state index >= 15 is 0 Å². The quantitative estimate of drug-likeness (QED) is 0.895. The number of halogens is 1. The van der Waals surface area contributed by atoms with Gasteiger partial charge in [0.05, 0.1) is 10.6 Å². The maximum Gasteiger partial charge on any atom is 0.253 e. The van der Waals surface area contributed by atoms with Crippen molar-refractivity contribution >= 4 is 23.3 Å². The zero-order valence-corrected chi connectivity index (χ0v) is 13.0. The van der Waals surface area contributed by atoms with Gasteiger partial charge in [-0.05, 0) is 38.8 Å². The van der Waals surface area contributed by atoms with E-state index in [1.165, 1.54) is 19.0 Å². The molecule has 3 rings (SSSR count). The molecule has 1 aromatic rings. The third-order valence-electron chi connectivity index (χ3n) is 4.38. The minimum absolute atomic E-state index is 0.0969. The number of hydrogen-bond acceptors (Lipinski definition) is 4. The minimum atomic E-state index is -0.0969. The third kappa shape index (κ3) is 2.99. The Morgan fingerprint density at radius 2 is 2.33 bits per heavy atom. The molecule has 114 valence electrons. The van der Waals surface area contributed by atoms with Gasteiger partial charge in [0.2, 0.25) is 0 Å². The van der Waals surface area contributed by atoms with E-state index in [0.717, 1.165) is 26.1 Å². The summed E-state index contributed by atoms with van der Waals surface area (Å²) < 4.78 is 0. The molecule has 0 aromatic carbocycles. The first-order valence-corrected chi connectivity index (χ1v) is 8.01. The number of anilines is 1. The fourth-order valence-corrected chi connectivity index (χ4v) is 3.58. The Morgan fingerprint density at radius 3 is 3.14 bits per heavy atom. The van der Waals surface area contributed by atoms with Crippen molar-refractivity contribution in [3.05, 3.63) is 22.8 Å². The first-order valence-electron chi connectivity index (χ1n) is 7.63. The molecule has 2 aliphatic rings. The summed E-state index contributed by atoms with van der Waals surface area (Å²) in [6, 6.07) is 2.47. The van der Waals surface area contributed by atoms with Crippen molar-refractivity contribution < 1.29 is 4.79 Å². The number of pyridine rings is 1. The monoisotopic (exact) mass is 308 g/mol. The van der Waals surface area contributed by atoms with Crippen molar-refractivity contribution in [2.75, 3.05) is 25.0 Å². The van der Waals surface area contributed by atoms with Crippen LogP contribution in [0.4, 0.5) is 5.82 Å². The first kappa shape index (κ1) is 14.6. The molecule has 2 aliphatic heterocycles. The number of rotatable bonds is 4. The number of nitrogens with zero attached hydrogens (tertiary/aromatic N) is 2. The van der Waals surface area contributed by atoms with Crippen LogP contribution >= 0.6 is 11.6 Å². The molecular formula is C15H21ClN4O. The molecule has 2 N–H and O–H groups in total. The zero-order chi connectivity index (χ0) is 14.8. The fourth-order valence-electron chi connectivity index (χ4n) is 3.39. The molecule has 0 bridgehead atoms. The summed E-state index contributed by atoms with van der Waals surface area (Å²) in [5, 5.41) is 6.66. The van der Waals surface area contributed by atoms with Crippen LogP contribution in [0.2, 0.25) is 5.02 Å². The SMILES string of the molecule is CCNc1cc(C(=O)NC2CCN3CCCC23)c(Cl)cn1. The van der Waals surface area contributed by atoms with Crippen molar-refractivity contribution in [3.63, 3.8) is 0 Å². The van der Waals surface area contributed by atoms with Crippen molar-refractivity contribution in [2.45, 2.75) is 38.3 Å². The molecule has 5 nitrogen and oxygen atoms in total. The average Bonchev–Trinajstić information content (AvgIpc) is 3.06. The number of aromatic nitrogens is 1. The minimum Gasteiger partial charge on any atom is -0.370 e. The molecule has 1 amide bonds. The second kappa shape index (κ2) is 6.20. The number of carbonyl (C=O) groups is 1. The van der Waals surface area contributed by atoms with Crippen LogP contribution in [0, 0.1) is 0 Å². The predicted molar refractivity (Wildman–Crippen MR) is 83.9 cm³/mol. The Labute approximate surface area is 130 Å². The van der Waals surface area contributed by atoms with E-state index in [1.807, 2.05) is 6.92 Å². The smallest absolute Gasteiger partial charge is 0.253 e. The number of amides is 1. The Morgan fingerprint density at radius 1 is 1.48 bits per heavy atom. The molecule has 2 unspecified atom stereocenters. The Bertz CT molecular complexity index is 536. The third-order valence-corrected chi connectivity index (χ3v) is 4.68. The Balaban J connectivity index is 1.71. The predicted octanol–water partition coefficient (Wildman–Crippen LogP) is 2.13. The van der Waals surface area contributed by atoms with Crippen LogP contribution < -0.4 is 10.6 Å². The normalized spacial score (nSPS) is 24.9. The number of hydrogen-bond donors (Lipinski definition) is 2. The summed E-state index contributed by atoms with van der Waals surface area (Å²) in [6.45, 7) is 5.00. The summed E-state index contributed by atoms with van der Waals surface area (Å²) in [5.41, 5.74) is 0.499. The van der Waals surface area contributed by atoms with Crippen molar-refractivity contribution in [2.24, 2.45) is 0 Å². The largest absolute Gasteiger partial charge is 0.370 e.